The molecule has 4 nitrogen and oxygen atoms in total. The number of nitriles is 1. The zero-order valence-electron chi connectivity index (χ0n) is 12.2. The lowest BCUT2D eigenvalue weighted by Crippen LogP contribution is -2.06. The fourth-order valence-corrected chi connectivity index (χ4v) is 3.09. The average molecular weight is 350 g/mol. The van der Waals surface area contributed by atoms with Crippen LogP contribution in [0.3, 0.4) is 0 Å². The van der Waals surface area contributed by atoms with Gasteiger partial charge in [-0.15, -0.1) is 0 Å². The Morgan fingerprint density at radius 3 is 2.33 bits per heavy atom. The van der Waals surface area contributed by atoms with Gasteiger partial charge >= 0.3 is 6.18 Å². The van der Waals surface area contributed by atoms with Gasteiger partial charge in [0.1, 0.15) is 0 Å². The molecule has 0 aliphatic heterocycles. The second-order valence-corrected chi connectivity index (χ2v) is 6.92. The Kier molecular flexibility index (Phi) is 4.37. The third-order valence-electron chi connectivity index (χ3n) is 3.24. The minimum atomic E-state index is -4.74. The highest BCUT2D eigenvalue weighted by Crippen LogP contribution is 2.40. The summed E-state index contributed by atoms with van der Waals surface area (Å²) < 4.78 is 63.1. The normalized spacial score (nSPS) is 11.6. The summed E-state index contributed by atoms with van der Waals surface area (Å²) >= 11 is 0. The number of benzene rings is 2. The fraction of sp³-hybridized carbons (Fsp3) is 0.125. The van der Waals surface area contributed by atoms with Crippen LogP contribution in [0, 0.1) is 17.9 Å². The van der Waals surface area contributed by atoms with Gasteiger partial charge in [0.25, 0.3) is 0 Å². The molecule has 0 amide bonds. The van der Waals surface area contributed by atoms with E-state index in [9.17, 15) is 21.6 Å². The summed E-state index contributed by atoms with van der Waals surface area (Å²) in [6.45, 7) is 6.83. The van der Waals surface area contributed by atoms with E-state index in [1.54, 1.807) is 6.07 Å². The number of nitrogens with zero attached hydrogens (tertiary/aromatic N) is 2. The molecule has 0 fully saturated rings. The molecule has 8 heteroatoms. The lowest BCUT2D eigenvalue weighted by Gasteiger charge is -2.13. The quantitative estimate of drug-likeness (QED) is 0.763. The van der Waals surface area contributed by atoms with Crippen LogP contribution in [0.25, 0.3) is 16.0 Å². The van der Waals surface area contributed by atoms with Crippen LogP contribution in [0.4, 0.5) is 18.9 Å². The van der Waals surface area contributed by atoms with Crippen molar-refractivity contribution in [2.24, 2.45) is 0 Å². The van der Waals surface area contributed by atoms with Crippen LogP contribution in [0.1, 0.15) is 11.1 Å². The van der Waals surface area contributed by atoms with Crippen molar-refractivity contribution in [2.45, 2.75) is 11.1 Å². The standard InChI is InChI=1S/C16H9F3N2O2S/c1-21-14-6-4-11(8-13(14)16(17,18)19)12-5-3-10(9-20)7-15(12)24(2,22)23/h3-8H,2H3. The number of halogens is 3. The molecule has 0 aromatic heterocycles. The predicted octanol–water partition coefficient (Wildman–Crippen LogP) is 4.20. The van der Waals surface area contributed by atoms with Gasteiger partial charge in [0, 0.05) is 11.8 Å². The summed E-state index contributed by atoms with van der Waals surface area (Å²) in [5, 5.41) is 8.88. The Bertz CT molecular complexity index is 997. The summed E-state index contributed by atoms with van der Waals surface area (Å²) in [7, 11) is -3.77. The van der Waals surface area contributed by atoms with Gasteiger partial charge in [-0.1, -0.05) is 24.3 Å². The summed E-state index contributed by atoms with van der Waals surface area (Å²) in [5.74, 6) is 0. The molecule has 2 aromatic carbocycles. The van der Waals surface area contributed by atoms with Gasteiger partial charge in [-0.3, -0.25) is 0 Å². The van der Waals surface area contributed by atoms with Crippen LogP contribution in [0.5, 0.6) is 0 Å². The van der Waals surface area contributed by atoms with Crippen LogP contribution >= 0.6 is 0 Å². The monoisotopic (exact) mass is 350 g/mol. The Hall–Kier alpha value is -2.84. The van der Waals surface area contributed by atoms with Crippen molar-refractivity contribution < 1.29 is 21.6 Å². The molecule has 0 atom stereocenters. The largest absolute Gasteiger partial charge is 0.407 e. The van der Waals surface area contributed by atoms with E-state index in [0.717, 1.165) is 24.5 Å². The fourth-order valence-electron chi connectivity index (χ4n) is 2.17. The van der Waals surface area contributed by atoms with Crippen molar-refractivity contribution in [3.63, 3.8) is 0 Å². The smallest absolute Gasteiger partial charge is 0.238 e. The van der Waals surface area contributed by atoms with E-state index in [1.165, 1.54) is 18.2 Å². The molecular formula is C16H9F3N2O2S. The van der Waals surface area contributed by atoms with Crippen LogP contribution in [-0.4, -0.2) is 14.7 Å². The molecule has 0 radical (unpaired) electrons. The van der Waals surface area contributed by atoms with Crippen molar-refractivity contribution in [2.75, 3.05) is 6.26 Å². The summed E-state index contributed by atoms with van der Waals surface area (Å²) in [6.07, 6.45) is -3.83. The molecule has 0 spiro atoms. The first-order valence-electron chi connectivity index (χ1n) is 6.41. The van der Waals surface area contributed by atoms with Crippen molar-refractivity contribution in [3.05, 3.63) is 58.9 Å². The minimum absolute atomic E-state index is 0.000334. The number of sulfone groups is 1. The lowest BCUT2D eigenvalue weighted by atomic mass is 10.0. The molecule has 122 valence electrons. The number of hydrogen-bond acceptors (Lipinski definition) is 3. The lowest BCUT2D eigenvalue weighted by molar-refractivity contribution is -0.136. The first-order chi connectivity index (χ1) is 11.1. The van der Waals surface area contributed by atoms with E-state index in [1.807, 2.05) is 0 Å². The summed E-state index contributed by atoms with van der Waals surface area (Å²) in [6, 6.07) is 8.48. The molecule has 0 unspecified atom stereocenters. The first kappa shape index (κ1) is 17.5. The van der Waals surface area contributed by atoms with Crippen LogP contribution in [0.15, 0.2) is 41.3 Å². The number of rotatable bonds is 2. The second kappa shape index (κ2) is 5.99. The second-order valence-electron chi connectivity index (χ2n) is 4.94. The first-order valence-corrected chi connectivity index (χ1v) is 8.30. The van der Waals surface area contributed by atoms with E-state index in [-0.39, 0.29) is 21.6 Å². The Morgan fingerprint density at radius 2 is 1.83 bits per heavy atom. The molecule has 0 saturated carbocycles. The van der Waals surface area contributed by atoms with Gasteiger partial charge in [0.05, 0.1) is 28.7 Å². The van der Waals surface area contributed by atoms with Gasteiger partial charge in [-0.05, 0) is 17.7 Å². The SMILES string of the molecule is [C-]#[N+]c1ccc(-c2ccc(C#N)cc2S(C)(=O)=O)cc1C(F)(F)F. The Balaban J connectivity index is 2.79. The molecule has 0 aliphatic carbocycles. The van der Waals surface area contributed by atoms with Gasteiger partial charge in [0.2, 0.25) is 0 Å². The van der Waals surface area contributed by atoms with Gasteiger partial charge in [0.15, 0.2) is 15.5 Å². The maximum atomic E-state index is 13.1. The van der Waals surface area contributed by atoms with Crippen LogP contribution < -0.4 is 0 Å². The molecular weight excluding hydrogens is 341 g/mol. The third kappa shape index (κ3) is 3.39. The molecule has 0 N–H and O–H groups in total. The average Bonchev–Trinajstić information content (AvgIpc) is 2.52. The van der Waals surface area contributed by atoms with E-state index in [0.29, 0.717) is 0 Å². The topological polar surface area (TPSA) is 62.3 Å². The minimum Gasteiger partial charge on any atom is -0.238 e. The molecule has 24 heavy (non-hydrogen) atoms. The molecule has 0 aliphatic rings. The highest BCUT2D eigenvalue weighted by Gasteiger charge is 2.34. The van der Waals surface area contributed by atoms with E-state index in [4.69, 9.17) is 11.8 Å². The highest BCUT2D eigenvalue weighted by atomic mass is 32.2. The third-order valence-corrected chi connectivity index (χ3v) is 4.38. The summed E-state index contributed by atoms with van der Waals surface area (Å²) in [5.41, 5.74) is -1.59. The number of hydrogen-bond donors (Lipinski definition) is 0. The highest BCUT2D eigenvalue weighted by molar-refractivity contribution is 7.90. The van der Waals surface area contributed by atoms with Crippen molar-refractivity contribution in [1.82, 2.24) is 0 Å². The van der Waals surface area contributed by atoms with Crippen molar-refractivity contribution >= 4 is 15.5 Å². The molecule has 2 aromatic rings. The Labute approximate surface area is 136 Å². The molecule has 0 bridgehead atoms. The molecule has 0 heterocycles. The van der Waals surface area contributed by atoms with E-state index in [2.05, 4.69) is 4.85 Å². The van der Waals surface area contributed by atoms with E-state index < -0.39 is 27.3 Å². The zero-order chi connectivity index (χ0) is 18.1. The van der Waals surface area contributed by atoms with Gasteiger partial charge < -0.3 is 0 Å². The van der Waals surface area contributed by atoms with Gasteiger partial charge in [-0.2, -0.15) is 18.4 Å². The van der Waals surface area contributed by atoms with Crippen molar-refractivity contribution in [3.8, 4) is 17.2 Å². The van der Waals surface area contributed by atoms with E-state index >= 15 is 0 Å². The van der Waals surface area contributed by atoms with Gasteiger partial charge in [-0.25, -0.2) is 13.3 Å². The zero-order valence-corrected chi connectivity index (χ0v) is 13.0. The Morgan fingerprint density at radius 1 is 1.17 bits per heavy atom. The van der Waals surface area contributed by atoms with Crippen molar-refractivity contribution in [1.29, 1.82) is 5.26 Å². The molecule has 2 rings (SSSR count). The van der Waals surface area contributed by atoms with Crippen LogP contribution in [0.2, 0.25) is 0 Å². The molecule has 0 saturated heterocycles. The number of alkyl halides is 3. The maximum absolute atomic E-state index is 13.1. The summed E-state index contributed by atoms with van der Waals surface area (Å²) in [4.78, 5) is 2.59. The van der Waals surface area contributed by atoms with Crippen LogP contribution in [-0.2, 0) is 16.0 Å². The predicted molar refractivity (Wildman–Crippen MR) is 81.0 cm³/mol. The maximum Gasteiger partial charge on any atom is 0.407 e.